The lowest BCUT2D eigenvalue weighted by molar-refractivity contribution is 0.0699. The number of halogens is 1. The summed E-state index contributed by atoms with van der Waals surface area (Å²) < 4.78 is 6.27. The maximum atomic E-state index is 5.64. The van der Waals surface area contributed by atoms with Gasteiger partial charge in [0.2, 0.25) is 0 Å². The molecular weight excluding hydrogens is 270 g/mol. The first kappa shape index (κ1) is 11.7. The predicted octanol–water partition coefficient (Wildman–Crippen LogP) is 2.26. The maximum absolute atomic E-state index is 5.64. The molecule has 2 heterocycles. The van der Waals surface area contributed by atoms with Crippen molar-refractivity contribution in [3.8, 4) is 0 Å². The third kappa shape index (κ3) is 3.09. The van der Waals surface area contributed by atoms with Crippen LogP contribution in [0.3, 0.4) is 0 Å². The third-order valence-electron chi connectivity index (χ3n) is 2.77. The predicted molar refractivity (Wildman–Crippen MR) is 68.4 cm³/mol. The summed E-state index contributed by atoms with van der Waals surface area (Å²) in [4.78, 5) is 4.25. The molecular formula is C11H16BrN3O. The number of pyridine rings is 1. The van der Waals surface area contributed by atoms with Gasteiger partial charge in [-0.25, -0.2) is 4.98 Å². The Bertz CT molecular complexity index is 353. The van der Waals surface area contributed by atoms with Crippen LogP contribution in [0.2, 0.25) is 0 Å². The first-order chi connectivity index (χ1) is 7.75. The normalized spacial score (nSPS) is 17.3. The Kier molecular flexibility index (Phi) is 4.01. The molecule has 2 rings (SSSR count). The minimum atomic E-state index is 0.540. The minimum absolute atomic E-state index is 0.540. The Balaban J connectivity index is 1.90. The monoisotopic (exact) mass is 285 g/mol. The molecule has 0 amide bonds. The summed E-state index contributed by atoms with van der Waals surface area (Å²) in [5.74, 6) is 2.04. The third-order valence-corrected chi connectivity index (χ3v) is 3.41. The molecule has 0 aliphatic carbocycles. The lowest BCUT2D eigenvalue weighted by Gasteiger charge is -2.22. The standard InChI is InChI=1S/C11H16BrN3O/c12-9-1-2-10(13)15-11(9)14-7-8-3-5-16-6-4-8/h1-2,8H,3-7H2,(H3,13,14,15). The summed E-state index contributed by atoms with van der Waals surface area (Å²) >= 11 is 3.45. The largest absolute Gasteiger partial charge is 0.384 e. The Morgan fingerprint density at radius 2 is 2.19 bits per heavy atom. The molecule has 0 aromatic carbocycles. The number of nitrogens with one attached hydrogen (secondary N) is 1. The van der Waals surface area contributed by atoms with E-state index in [-0.39, 0.29) is 0 Å². The number of aromatic nitrogens is 1. The smallest absolute Gasteiger partial charge is 0.142 e. The molecule has 1 aromatic rings. The number of hydrogen-bond acceptors (Lipinski definition) is 4. The highest BCUT2D eigenvalue weighted by atomic mass is 79.9. The van der Waals surface area contributed by atoms with Crippen molar-refractivity contribution < 1.29 is 4.74 Å². The molecule has 3 N–H and O–H groups in total. The second-order valence-corrected chi connectivity index (χ2v) is 4.86. The van der Waals surface area contributed by atoms with E-state index in [1.165, 1.54) is 0 Å². The molecule has 1 aromatic heterocycles. The molecule has 1 saturated heterocycles. The molecule has 0 atom stereocenters. The lowest BCUT2D eigenvalue weighted by Crippen LogP contribution is -2.23. The van der Waals surface area contributed by atoms with E-state index < -0.39 is 0 Å². The Morgan fingerprint density at radius 1 is 1.44 bits per heavy atom. The van der Waals surface area contributed by atoms with Crippen LogP contribution in [-0.4, -0.2) is 24.7 Å². The zero-order chi connectivity index (χ0) is 11.4. The summed E-state index contributed by atoms with van der Waals surface area (Å²) in [7, 11) is 0. The highest BCUT2D eigenvalue weighted by Crippen LogP contribution is 2.22. The number of hydrogen-bond donors (Lipinski definition) is 2. The van der Waals surface area contributed by atoms with Crippen LogP contribution in [-0.2, 0) is 4.74 Å². The zero-order valence-electron chi connectivity index (χ0n) is 9.08. The summed E-state index contributed by atoms with van der Waals surface area (Å²) in [6, 6.07) is 3.69. The molecule has 0 radical (unpaired) electrons. The lowest BCUT2D eigenvalue weighted by atomic mass is 10.0. The minimum Gasteiger partial charge on any atom is -0.384 e. The van der Waals surface area contributed by atoms with Crippen LogP contribution in [0, 0.1) is 5.92 Å². The van der Waals surface area contributed by atoms with Gasteiger partial charge in [-0.05, 0) is 46.8 Å². The average molecular weight is 286 g/mol. The van der Waals surface area contributed by atoms with Crippen LogP contribution in [0.5, 0.6) is 0 Å². The fourth-order valence-electron chi connectivity index (χ4n) is 1.77. The van der Waals surface area contributed by atoms with Crippen molar-refractivity contribution in [1.29, 1.82) is 0 Å². The number of nitrogen functional groups attached to an aromatic ring is 1. The van der Waals surface area contributed by atoms with E-state index in [2.05, 4.69) is 26.2 Å². The van der Waals surface area contributed by atoms with Gasteiger partial charge in [-0.1, -0.05) is 0 Å². The van der Waals surface area contributed by atoms with Gasteiger partial charge < -0.3 is 15.8 Å². The average Bonchev–Trinajstić information content (AvgIpc) is 2.32. The van der Waals surface area contributed by atoms with Gasteiger partial charge in [0, 0.05) is 19.8 Å². The summed E-state index contributed by atoms with van der Waals surface area (Å²) in [5.41, 5.74) is 5.64. The van der Waals surface area contributed by atoms with Crippen molar-refractivity contribution in [3.63, 3.8) is 0 Å². The molecule has 1 fully saturated rings. The number of rotatable bonds is 3. The molecule has 16 heavy (non-hydrogen) atoms. The van der Waals surface area contributed by atoms with E-state index in [1.807, 2.05) is 6.07 Å². The quantitative estimate of drug-likeness (QED) is 0.894. The molecule has 0 bridgehead atoms. The van der Waals surface area contributed by atoms with Crippen LogP contribution in [0.25, 0.3) is 0 Å². The van der Waals surface area contributed by atoms with Crippen molar-refractivity contribution in [2.24, 2.45) is 5.92 Å². The molecule has 0 unspecified atom stereocenters. The fraction of sp³-hybridized carbons (Fsp3) is 0.545. The molecule has 0 spiro atoms. The summed E-state index contributed by atoms with van der Waals surface area (Å²) in [6.07, 6.45) is 2.24. The van der Waals surface area contributed by atoms with Gasteiger partial charge in [-0.2, -0.15) is 0 Å². The number of nitrogens with two attached hydrogens (primary N) is 1. The SMILES string of the molecule is Nc1ccc(Br)c(NCC2CCOCC2)n1. The van der Waals surface area contributed by atoms with Crippen molar-refractivity contribution in [1.82, 2.24) is 4.98 Å². The van der Waals surface area contributed by atoms with Crippen molar-refractivity contribution in [2.45, 2.75) is 12.8 Å². The van der Waals surface area contributed by atoms with Gasteiger partial charge in [0.1, 0.15) is 11.6 Å². The van der Waals surface area contributed by atoms with Crippen LogP contribution < -0.4 is 11.1 Å². The van der Waals surface area contributed by atoms with Gasteiger partial charge in [0.25, 0.3) is 0 Å². The van der Waals surface area contributed by atoms with Gasteiger partial charge in [-0.15, -0.1) is 0 Å². The van der Waals surface area contributed by atoms with E-state index in [1.54, 1.807) is 6.07 Å². The maximum Gasteiger partial charge on any atom is 0.142 e. The molecule has 1 aliphatic heterocycles. The summed E-state index contributed by atoms with van der Waals surface area (Å²) in [5, 5.41) is 3.33. The van der Waals surface area contributed by atoms with Crippen LogP contribution in [0.15, 0.2) is 16.6 Å². The highest BCUT2D eigenvalue weighted by Gasteiger charge is 2.14. The fourth-order valence-corrected chi connectivity index (χ4v) is 2.13. The summed E-state index contributed by atoms with van der Waals surface area (Å²) in [6.45, 7) is 2.67. The first-order valence-electron chi connectivity index (χ1n) is 5.49. The van der Waals surface area contributed by atoms with Crippen LogP contribution in [0.1, 0.15) is 12.8 Å². The van der Waals surface area contributed by atoms with E-state index in [9.17, 15) is 0 Å². The van der Waals surface area contributed by atoms with Crippen molar-refractivity contribution >= 4 is 27.6 Å². The van der Waals surface area contributed by atoms with Crippen LogP contribution >= 0.6 is 15.9 Å². The Hall–Kier alpha value is -0.810. The Morgan fingerprint density at radius 3 is 2.94 bits per heavy atom. The van der Waals surface area contributed by atoms with Crippen LogP contribution in [0.4, 0.5) is 11.6 Å². The van der Waals surface area contributed by atoms with Crippen molar-refractivity contribution in [3.05, 3.63) is 16.6 Å². The van der Waals surface area contributed by atoms with E-state index in [4.69, 9.17) is 10.5 Å². The number of ether oxygens (including phenoxy) is 1. The van der Waals surface area contributed by atoms with Gasteiger partial charge >= 0.3 is 0 Å². The van der Waals surface area contributed by atoms with E-state index in [0.29, 0.717) is 11.7 Å². The molecule has 1 aliphatic rings. The Labute approximate surface area is 104 Å². The van der Waals surface area contributed by atoms with Gasteiger partial charge in [0.05, 0.1) is 4.47 Å². The number of anilines is 2. The second kappa shape index (κ2) is 5.50. The zero-order valence-corrected chi connectivity index (χ0v) is 10.7. The highest BCUT2D eigenvalue weighted by molar-refractivity contribution is 9.10. The van der Waals surface area contributed by atoms with Gasteiger partial charge in [-0.3, -0.25) is 0 Å². The molecule has 88 valence electrons. The topological polar surface area (TPSA) is 60.2 Å². The molecule has 0 saturated carbocycles. The second-order valence-electron chi connectivity index (χ2n) is 4.00. The molecule has 5 heteroatoms. The molecule has 4 nitrogen and oxygen atoms in total. The first-order valence-corrected chi connectivity index (χ1v) is 6.28. The van der Waals surface area contributed by atoms with Gasteiger partial charge in [0.15, 0.2) is 0 Å². The number of nitrogens with zero attached hydrogens (tertiary/aromatic N) is 1. The van der Waals surface area contributed by atoms with E-state index in [0.717, 1.165) is 42.9 Å². The van der Waals surface area contributed by atoms with E-state index >= 15 is 0 Å². The van der Waals surface area contributed by atoms with Crippen molar-refractivity contribution in [2.75, 3.05) is 30.8 Å².